The lowest BCUT2D eigenvalue weighted by molar-refractivity contribution is -0.117. The average molecular weight is 356 g/mol. The molecule has 25 heavy (non-hydrogen) atoms. The molecule has 0 aliphatic heterocycles. The second-order valence-electron chi connectivity index (χ2n) is 5.24. The van der Waals surface area contributed by atoms with Gasteiger partial charge in [0.2, 0.25) is 5.91 Å². The van der Waals surface area contributed by atoms with Crippen molar-refractivity contribution in [1.82, 2.24) is 14.8 Å². The number of hydrogen-bond acceptors (Lipinski definition) is 6. The van der Waals surface area contributed by atoms with E-state index in [1.807, 2.05) is 43.3 Å². The molecule has 3 rings (SSSR count). The van der Waals surface area contributed by atoms with E-state index in [1.54, 1.807) is 12.3 Å². The van der Waals surface area contributed by atoms with E-state index in [9.17, 15) is 4.79 Å². The van der Waals surface area contributed by atoms with Crippen molar-refractivity contribution in [2.75, 3.05) is 5.32 Å². The number of amides is 1. The number of rotatable bonds is 6. The first-order valence-electron chi connectivity index (χ1n) is 7.58. The number of benzene rings is 1. The van der Waals surface area contributed by atoms with Gasteiger partial charge in [-0.2, -0.15) is 0 Å². The molecule has 3 aromatic rings. The molecule has 0 fully saturated rings. The molecule has 0 spiro atoms. The van der Waals surface area contributed by atoms with Crippen molar-refractivity contribution in [3.05, 3.63) is 65.0 Å². The fourth-order valence-electron chi connectivity index (χ4n) is 2.09. The van der Waals surface area contributed by atoms with Crippen molar-refractivity contribution in [1.29, 1.82) is 0 Å². The van der Waals surface area contributed by atoms with Crippen LogP contribution < -0.4 is 10.1 Å². The van der Waals surface area contributed by atoms with Crippen molar-refractivity contribution in [2.45, 2.75) is 20.1 Å². The zero-order valence-corrected chi connectivity index (χ0v) is 14.3. The number of aryl methyl sites for hydroxylation is 1. The summed E-state index contributed by atoms with van der Waals surface area (Å²) in [5.74, 6) is 1.22. The smallest absolute Gasteiger partial charge is 0.287 e. The molecule has 0 saturated heterocycles. The van der Waals surface area contributed by atoms with E-state index >= 15 is 0 Å². The number of carbonyl (C=O) groups is 1. The number of ether oxygens (including phenoxy) is 1. The SMILES string of the molecule is Cc1cccnc1NC(=O)Cn1nc(COc2ccccc2)oc1=S. The molecule has 0 bridgehead atoms. The summed E-state index contributed by atoms with van der Waals surface area (Å²) in [6, 6.07) is 13.0. The topological polar surface area (TPSA) is 82.2 Å². The number of pyridine rings is 1. The molecule has 0 unspecified atom stereocenters. The minimum absolute atomic E-state index is 0.0658. The number of carbonyl (C=O) groups excluding carboxylic acids is 1. The van der Waals surface area contributed by atoms with E-state index in [2.05, 4.69) is 15.4 Å². The second-order valence-corrected chi connectivity index (χ2v) is 5.59. The second kappa shape index (κ2) is 7.71. The maximum absolute atomic E-state index is 12.1. The fraction of sp³-hybridized carbons (Fsp3) is 0.176. The van der Waals surface area contributed by atoms with Gasteiger partial charge < -0.3 is 14.5 Å². The Morgan fingerprint density at radius 3 is 2.84 bits per heavy atom. The molecule has 1 aromatic carbocycles. The molecule has 2 aromatic heterocycles. The van der Waals surface area contributed by atoms with E-state index in [0.29, 0.717) is 17.5 Å². The number of hydrogen-bond donors (Lipinski definition) is 1. The first-order valence-corrected chi connectivity index (χ1v) is 7.99. The van der Waals surface area contributed by atoms with Crippen LogP contribution in [0.1, 0.15) is 11.5 Å². The highest BCUT2D eigenvalue weighted by molar-refractivity contribution is 7.71. The fourth-order valence-corrected chi connectivity index (χ4v) is 2.30. The van der Waals surface area contributed by atoms with Gasteiger partial charge in [0, 0.05) is 6.20 Å². The molecule has 8 heteroatoms. The number of anilines is 1. The molecule has 128 valence electrons. The van der Waals surface area contributed by atoms with Gasteiger partial charge in [0.1, 0.15) is 18.1 Å². The number of nitrogens with zero attached hydrogens (tertiary/aromatic N) is 3. The Morgan fingerprint density at radius 2 is 2.08 bits per heavy atom. The molecule has 1 amide bonds. The highest BCUT2D eigenvalue weighted by Crippen LogP contribution is 2.12. The molecule has 0 radical (unpaired) electrons. The summed E-state index contributed by atoms with van der Waals surface area (Å²) in [7, 11) is 0. The first-order chi connectivity index (χ1) is 12.1. The Labute approximate surface area is 149 Å². The van der Waals surface area contributed by atoms with Gasteiger partial charge in [-0.15, -0.1) is 5.10 Å². The molecular weight excluding hydrogens is 340 g/mol. The summed E-state index contributed by atoms with van der Waals surface area (Å²) in [5, 5.41) is 6.89. The zero-order chi connectivity index (χ0) is 17.6. The van der Waals surface area contributed by atoms with Crippen LogP contribution in [0, 0.1) is 11.8 Å². The minimum Gasteiger partial charge on any atom is -0.484 e. The number of aromatic nitrogens is 3. The monoisotopic (exact) mass is 356 g/mol. The summed E-state index contributed by atoms with van der Waals surface area (Å²) in [6.07, 6.45) is 1.61. The molecule has 0 atom stereocenters. The minimum atomic E-state index is -0.290. The van der Waals surface area contributed by atoms with E-state index in [0.717, 1.165) is 5.56 Å². The number of para-hydroxylation sites is 1. The van der Waals surface area contributed by atoms with Crippen molar-refractivity contribution in [2.24, 2.45) is 0 Å². The predicted molar refractivity (Wildman–Crippen MR) is 93.7 cm³/mol. The molecule has 0 aliphatic rings. The zero-order valence-electron chi connectivity index (χ0n) is 13.5. The Balaban J connectivity index is 1.61. The Hall–Kier alpha value is -3.00. The van der Waals surface area contributed by atoms with Crippen LogP contribution in [0.5, 0.6) is 5.75 Å². The van der Waals surface area contributed by atoms with Crippen molar-refractivity contribution in [3.8, 4) is 5.75 Å². The summed E-state index contributed by atoms with van der Waals surface area (Å²) in [5.41, 5.74) is 0.872. The van der Waals surface area contributed by atoms with Gasteiger partial charge in [0.15, 0.2) is 6.61 Å². The quantitative estimate of drug-likeness (QED) is 0.683. The normalized spacial score (nSPS) is 10.4. The van der Waals surface area contributed by atoms with Gasteiger partial charge >= 0.3 is 0 Å². The Morgan fingerprint density at radius 1 is 1.28 bits per heavy atom. The Kier molecular flexibility index (Phi) is 5.20. The molecule has 1 N–H and O–H groups in total. The van der Waals surface area contributed by atoms with E-state index in [1.165, 1.54) is 4.68 Å². The highest BCUT2D eigenvalue weighted by atomic mass is 32.1. The third kappa shape index (κ3) is 4.51. The van der Waals surface area contributed by atoms with Gasteiger partial charge in [-0.1, -0.05) is 24.3 Å². The van der Waals surface area contributed by atoms with E-state index < -0.39 is 0 Å². The summed E-state index contributed by atoms with van der Waals surface area (Å²) < 4.78 is 12.2. The third-order valence-corrected chi connectivity index (χ3v) is 3.61. The van der Waals surface area contributed by atoms with Crippen LogP contribution >= 0.6 is 12.2 Å². The maximum Gasteiger partial charge on any atom is 0.287 e. The summed E-state index contributed by atoms with van der Waals surface area (Å²) >= 11 is 5.10. The van der Waals surface area contributed by atoms with Crippen LogP contribution in [0.2, 0.25) is 0 Å². The standard InChI is InChI=1S/C17H16N4O3S/c1-12-6-5-9-18-16(12)19-14(22)10-21-17(25)24-15(20-21)11-23-13-7-3-2-4-8-13/h2-9H,10-11H2,1H3,(H,18,19,22). The van der Waals surface area contributed by atoms with Crippen LogP contribution in [0.15, 0.2) is 53.1 Å². The largest absolute Gasteiger partial charge is 0.484 e. The molecular formula is C17H16N4O3S. The molecule has 7 nitrogen and oxygen atoms in total. The Bertz CT molecular complexity index is 921. The summed E-state index contributed by atoms with van der Waals surface area (Å²) in [6.45, 7) is 1.93. The van der Waals surface area contributed by atoms with Crippen LogP contribution in [0.3, 0.4) is 0 Å². The van der Waals surface area contributed by atoms with Gasteiger partial charge in [-0.05, 0) is 42.9 Å². The lowest BCUT2D eigenvalue weighted by atomic mass is 10.3. The van der Waals surface area contributed by atoms with E-state index in [-0.39, 0.29) is 23.9 Å². The van der Waals surface area contributed by atoms with Crippen molar-refractivity contribution in [3.63, 3.8) is 0 Å². The lowest BCUT2D eigenvalue weighted by Crippen LogP contribution is -2.20. The lowest BCUT2D eigenvalue weighted by Gasteiger charge is -2.06. The van der Waals surface area contributed by atoms with Crippen LogP contribution in [-0.2, 0) is 17.9 Å². The summed E-state index contributed by atoms with van der Waals surface area (Å²) in [4.78, 5) is 16.4. The van der Waals surface area contributed by atoms with E-state index in [4.69, 9.17) is 21.4 Å². The van der Waals surface area contributed by atoms with Gasteiger partial charge in [-0.3, -0.25) is 4.79 Å². The third-order valence-electron chi connectivity index (χ3n) is 3.31. The highest BCUT2D eigenvalue weighted by Gasteiger charge is 2.11. The predicted octanol–water partition coefficient (Wildman–Crippen LogP) is 3.13. The van der Waals surface area contributed by atoms with Crippen LogP contribution in [0.4, 0.5) is 5.82 Å². The molecule has 0 aliphatic carbocycles. The number of nitrogens with one attached hydrogen (secondary N) is 1. The molecule has 2 heterocycles. The van der Waals surface area contributed by atoms with Crippen LogP contribution in [0.25, 0.3) is 0 Å². The molecule has 0 saturated carbocycles. The maximum atomic E-state index is 12.1. The van der Waals surface area contributed by atoms with Crippen molar-refractivity contribution >= 4 is 23.9 Å². The first kappa shape index (κ1) is 16.8. The van der Waals surface area contributed by atoms with Gasteiger partial charge in [0.25, 0.3) is 10.7 Å². The van der Waals surface area contributed by atoms with Crippen molar-refractivity contribution < 1.29 is 13.9 Å². The van der Waals surface area contributed by atoms with Gasteiger partial charge in [-0.25, -0.2) is 9.67 Å². The van der Waals surface area contributed by atoms with Crippen LogP contribution in [-0.4, -0.2) is 20.7 Å². The van der Waals surface area contributed by atoms with Gasteiger partial charge in [0.05, 0.1) is 0 Å². The average Bonchev–Trinajstić information content (AvgIpc) is 2.96.